The van der Waals surface area contributed by atoms with Gasteiger partial charge in [-0.15, -0.1) is 6.58 Å². The summed E-state index contributed by atoms with van der Waals surface area (Å²) in [6.07, 6.45) is 2.65. The van der Waals surface area contributed by atoms with Crippen LogP contribution in [0.2, 0.25) is 0 Å². The van der Waals surface area contributed by atoms with Gasteiger partial charge in [-0.1, -0.05) is 6.08 Å². The molecule has 16 heavy (non-hydrogen) atoms. The first-order valence-corrected chi connectivity index (χ1v) is 5.62. The van der Waals surface area contributed by atoms with Crippen LogP contribution in [-0.2, 0) is 14.3 Å². The minimum absolute atomic E-state index is 0.0213. The van der Waals surface area contributed by atoms with Gasteiger partial charge in [-0.25, -0.2) is 0 Å². The zero-order valence-corrected chi connectivity index (χ0v) is 9.54. The molecule has 2 N–H and O–H groups in total. The number of hydrogen-bond acceptors (Lipinski definition) is 4. The third kappa shape index (κ3) is 5.25. The maximum Gasteiger partial charge on any atom is 0.239 e. The van der Waals surface area contributed by atoms with Gasteiger partial charge in [0.2, 0.25) is 5.91 Å². The van der Waals surface area contributed by atoms with E-state index in [0.717, 1.165) is 13.0 Å². The number of carbonyl (C=O) groups excluding carboxylic acids is 1. The molecule has 0 aromatic carbocycles. The van der Waals surface area contributed by atoms with Gasteiger partial charge in [-0.05, 0) is 6.42 Å². The van der Waals surface area contributed by atoms with E-state index in [4.69, 9.17) is 9.47 Å². The third-order valence-electron chi connectivity index (χ3n) is 2.25. The molecule has 1 aliphatic heterocycles. The summed E-state index contributed by atoms with van der Waals surface area (Å²) in [5.41, 5.74) is 0. The molecule has 5 heteroatoms. The van der Waals surface area contributed by atoms with Crippen LogP contribution in [0.4, 0.5) is 0 Å². The molecule has 0 spiro atoms. The quantitative estimate of drug-likeness (QED) is 0.463. The molecule has 5 nitrogen and oxygen atoms in total. The van der Waals surface area contributed by atoms with Crippen LogP contribution < -0.4 is 10.6 Å². The molecule has 1 heterocycles. The molecule has 1 amide bonds. The van der Waals surface area contributed by atoms with Crippen molar-refractivity contribution in [2.45, 2.75) is 12.5 Å². The first kappa shape index (κ1) is 13.2. The van der Waals surface area contributed by atoms with Gasteiger partial charge in [0, 0.05) is 13.1 Å². The molecule has 0 bridgehead atoms. The fourth-order valence-corrected chi connectivity index (χ4v) is 1.37. The van der Waals surface area contributed by atoms with E-state index in [-0.39, 0.29) is 11.9 Å². The highest BCUT2D eigenvalue weighted by Gasteiger charge is 2.20. The Morgan fingerprint density at radius 3 is 3.19 bits per heavy atom. The summed E-state index contributed by atoms with van der Waals surface area (Å²) in [4.78, 5) is 11.6. The summed E-state index contributed by atoms with van der Waals surface area (Å²) in [6.45, 7) is 7.18. The lowest BCUT2D eigenvalue weighted by Crippen LogP contribution is -2.51. The SMILES string of the molecule is C=CCCOCCNC(=O)C1COCCN1. The highest BCUT2D eigenvalue weighted by molar-refractivity contribution is 5.81. The molecule has 1 aliphatic rings. The van der Waals surface area contributed by atoms with E-state index in [1.165, 1.54) is 0 Å². The third-order valence-corrected chi connectivity index (χ3v) is 2.25. The van der Waals surface area contributed by atoms with Gasteiger partial charge < -0.3 is 20.1 Å². The fraction of sp³-hybridized carbons (Fsp3) is 0.727. The average Bonchev–Trinajstić information content (AvgIpc) is 2.34. The van der Waals surface area contributed by atoms with Crippen molar-refractivity contribution in [2.75, 3.05) is 39.5 Å². The Bertz CT molecular complexity index is 215. The van der Waals surface area contributed by atoms with Crippen molar-refractivity contribution in [3.63, 3.8) is 0 Å². The number of rotatable bonds is 7. The number of morpholine rings is 1. The van der Waals surface area contributed by atoms with Gasteiger partial charge >= 0.3 is 0 Å². The molecule has 0 aromatic rings. The highest BCUT2D eigenvalue weighted by atomic mass is 16.5. The standard InChI is InChI=1S/C11H20N2O3/c1-2-3-6-15-7-5-13-11(14)10-9-16-8-4-12-10/h2,10,12H,1,3-9H2,(H,13,14). The van der Waals surface area contributed by atoms with Crippen LogP contribution in [0.3, 0.4) is 0 Å². The predicted octanol–water partition coefficient (Wildman–Crippen LogP) is -0.316. The maximum absolute atomic E-state index is 11.6. The Morgan fingerprint density at radius 2 is 2.50 bits per heavy atom. The normalized spacial score (nSPS) is 20.4. The second-order valence-electron chi connectivity index (χ2n) is 3.56. The van der Waals surface area contributed by atoms with Crippen molar-refractivity contribution in [1.82, 2.24) is 10.6 Å². The first-order chi connectivity index (χ1) is 7.84. The number of carbonyl (C=O) groups is 1. The Kier molecular flexibility index (Phi) is 6.80. The van der Waals surface area contributed by atoms with Gasteiger partial charge in [0.1, 0.15) is 6.04 Å². The van der Waals surface area contributed by atoms with Gasteiger partial charge in [0.05, 0.1) is 26.4 Å². The Hall–Kier alpha value is -0.910. The lowest BCUT2D eigenvalue weighted by molar-refractivity contribution is -0.126. The molecule has 92 valence electrons. The van der Waals surface area contributed by atoms with Gasteiger partial charge in [0.25, 0.3) is 0 Å². The number of amides is 1. The average molecular weight is 228 g/mol. The van der Waals surface area contributed by atoms with E-state index in [2.05, 4.69) is 17.2 Å². The minimum atomic E-state index is -0.220. The van der Waals surface area contributed by atoms with Crippen molar-refractivity contribution >= 4 is 5.91 Å². The summed E-state index contributed by atoms with van der Waals surface area (Å²) in [5, 5.41) is 5.89. The van der Waals surface area contributed by atoms with Crippen molar-refractivity contribution in [3.05, 3.63) is 12.7 Å². The molecule has 0 saturated carbocycles. The van der Waals surface area contributed by atoms with E-state index >= 15 is 0 Å². The summed E-state index contributed by atoms with van der Waals surface area (Å²) < 4.78 is 10.5. The molecule has 1 unspecified atom stereocenters. The van der Waals surface area contributed by atoms with E-state index in [0.29, 0.717) is 33.0 Å². The number of nitrogens with one attached hydrogen (secondary N) is 2. The van der Waals surface area contributed by atoms with Crippen LogP contribution in [0.5, 0.6) is 0 Å². The van der Waals surface area contributed by atoms with Crippen LogP contribution in [0.1, 0.15) is 6.42 Å². The van der Waals surface area contributed by atoms with E-state index in [1.54, 1.807) is 0 Å². The predicted molar refractivity (Wildman–Crippen MR) is 61.3 cm³/mol. The van der Waals surface area contributed by atoms with Crippen LogP contribution in [0.25, 0.3) is 0 Å². The molecule has 1 fully saturated rings. The summed E-state index contributed by atoms with van der Waals surface area (Å²) in [5.74, 6) is -0.0213. The van der Waals surface area contributed by atoms with Crippen molar-refractivity contribution < 1.29 is 14.3 Å². The largest absolute Gasteiger partial charge is 0.379 e. The molecule has 0 aliphatic carbocycles. The lowest BCUT2D eigenvalue weighted by Gasteiger charge is -2.22. The monoisotopic (exact) mass is 228 g/mol. The second kappa shape index (κ2) is 8.27. The van der Waals surface area contributed by atoms with Crippen LogP contribution in [0.15, 0.2) is 12.7 Å². The molecule has 1 saturated heterocycles. The van der Waals surface area contributed by atoms with Crippen LogP contribution in [-0.4, -0.2) is 51.5 Å². The molecular formula is C11H20N2O3. The van der Waals surface area contributed by atoms with Crippen LogP contribution in [0, 0.1) is 0 Å². The Morgan fingerprint density at radius 1 is 1.62 bits per heavy atom. The molecule has 1 atom stereocenters. The zero-order chi connectivity index (χ0) is 11.6. The first-order valence-electron chi connectivity index (χ1n) is 5.62. The smallest absolute Gasteiger partial charge is 0.239 e. The fourth-order valence-electron chi connectivity index (χ4n) is 1.37. The van der Waals surface area contributed by atoms with Crippen molar-refractivity contribution in [3.8, 4) is 0 Å². The van der Waals surface area contributed by atoms with E-state index < -0.39 is 0 Å². The zero-order valence-electron chi connectivity index (χ0n) is 9.54. The maximum atomic E-state index is 11.6. The van der Waals surface area contributed by atoms with Gasteiger partial charge in [-0.2, -0.15) is 0 Å². The summed E-state index contributed by atoms with van der Waals surface area (Å²) in [6, 6.07) is -0.220. The minimum Gasteiger partial charge on any atom is -0.379 e. The lowest BCUT2D eigenvalue weighted by atomic mass is 10.2. The number of hydrogen-bond donors (Lipinski definition) is 2. The topological polar surface area (TPSA) is 59.6 Å². The van der Waals surface area contributed by atoms with Gasteiger partial charge in [-0.3, -0.25) is 4.79 Å². The van der Waals surface area contributed by atoms with Crippen molar-refractivity contribution in [1.29, 1.82) is 0 Å². The summed E-state index contributed by atoms with van der Waals surface area (Å²) in [7, 11) is 0. The van der Waals surface area contributed by atoms with E-state index in [1.807, 2.05) is 6.08 Å². The molecule has 0 radical (unpaired) electrons. The molecular weight excluding hydrogens is 208 g/mol. The number of ether oxygens (including phenoxy) is 2. The summed E-state index contributed by atoms with van der Waals surface area (Å²) >= 11 is 0. The molecule has 1 rings (SSSR count). The van der Waals surface area contributed by atoms with E-state index in [9.17, 15) is 4.79 Å². The molecule has 0 aromatic heterocycles. The highest BCUT2D eigenvalue weighted by Crippen LogP contribution is 1.92. The van der Waals surface area contributed by atoms with Crippen LogP contribution >= 0.6 is 0 Å². The Labute approximate surface area is 96.2 Å². The Balaban J connectivity index is 1.99. The van der Waals surface area contributed by atoms with Gasteiger partial charge in [0.15, 0.2) is 0 Å². The second-order valence-corrected chi connectivity index (χ2v) is 3.56. The van der Waals surface area contributed by atoms with Crippen molar-refractivity contribution in [2.24, 2.45) is 0 Å².